The molecule has 0 aliphatic heterocycles. The fraction of sp³-hybridized carbons (Fsp3) is 0.667. The highest BCUT2D eigenvalue weighted by Crippen LogP contribution is 1.95. The summed E-state index contributed by atoms with van der Waals surface area (Å²) in [6, 6.07) is 0. The van der Waals surface area contributed by atoms with Crippen molar-refractivity contribution in [3.63, 3.8) is 0 Å². The van der Waals surface area contributed by atoms with Crippen LogP contribution >= 0.6 is 22.6 Å². The second-order valence-corrected chi connectivity index (χ2v) is 1.98. The van der Waals surface area contributed by atoms with E-state index in [4.69, 9.17) is 0 Å². The van der Waals surface area contributed by atoms with Crippen LogP contribution in [0.5, 0.6) is 0 Å². The van der Waals surface area contributed by atoms with Gasteiger partial charge < -0.3 is 0 Å². The van der Waals surface area contributed by atoms with Crippen molar-refractivity contribution in [1.29, 1.82) is 0 Å². The van der Waals surface area contributed by atoms with Gasteiger partial charge in [-0.2, -0.15) is 0 Å². The fourth-order valence-electron chi connectivity index (χ4n) is 0. The van der Waals surface area contributed by atoms with Gasteiger partial charge in [-0.3, -0.25) is 4.79 Å². The average molecular weight is 202 g/mol. The minimum Gasteiger partial charge on any atom is -0.284 e. The summed E-state index contributed by atoms with van der Waals surface area (Å²) in [6.07, 6.45) is -1.30. The van der Waals surface area contributed by atoms with Gasteiger partial charge in [-0.15, -0.1) is 0 Å². The Bertz CT molecular complexity index is 61.8. The van der Waals surface area contributed by atoms with Crippen LogP contribution in [0.3, 0.4) is 0 Å². The molecule has 0 saturated carbocycles. The van der Waals surface area contributed by atoms with Crippen LogP contribution in [-0.4, -0.2) is 9.96 Å². The highest BCUT2D eigenvalue weighted by atomic mass is 127. The maximum absolute atomic E-state index is 11.5. The van der Waals surface area contributed by atoms with Crippen LogP contribution < -0.4 is 0 Å². The lowest BCUT2D eigenvalue weighted by Gasteiger charge is -1.84. The molecule has 3 heteroatoms. The van der Waals surface area contributed by atoms with Crippen molar-refractivity contribution in [2.24, 2.45) is 0 Å². The lowest BCUT2D eigenvalue weighted by atomic mass is 10.5. The van der Waals surface area contributed by atoms with Gasteiger partial charge in [0.1, 0.15) is 0 Å². The molecule has 6 heavy (non-hydrogen) atoms. The summed E-state index contributed by atoms with van der Waals surface area (Å²) in [5.41, 5.74) is 0. The molecule has 0 aliphatic carbocycles. The monoisotopic (exact) mass is 202 g/mol. The molecule has 0 amide bonds. The first-order chi connectivity index (χ1) is 2.64. The van der Waals surface area contributed by atoms with E-state index in [2.05, 4.69) is 0 Å². The predicted molar refractivity (Wildman–Crippen MR) is 29.6 cm³/mol. The normalized spacial score (nSPS) is 13.8. The highest BCUT2D eigenvalue weighted by molar-refractivity contribution is 14.1. The van der Waals surface area contributed by atoms with E-state index in [-0.39, 0.29) is 0 Å². The predicted octanol–water partition coefficient (Wildman–Crippen LogP) is 1.31. The zero-order valence-corrected chi connectivity index (χ0v) is 5.40. The molecule has 0 saturated heterocycles. The summed E-state index contributed by atoms with van der Waals surface area (Å²) in [4.78, 5) is 9.76. The van der Waals surface area contributed by atoms with Gasteiger partial charge in [-0.1, -0.05) is 0 Å². The van der Waals surface area contributed by atoms with Crippen LogP contribution in [0.15, 0.2) is 0 Å². The first-order valence-corrected chi connectivity index (χ1v) is 2.56. The van der Waals surface area contributed by atoms with E-state index in [0.29, 0.717) is 0 Å². The van der Waals surface area contributed by atoms with Gasteiger partial charge in [-0.25, -0.2) is 4.39 Å². The molecule has 1 nitrogen and oxygen atoms in total. The van der Waals surface area contributed by atoms with Crippen molar-refractivity contribution >= 4 is 26.4 Å². The first-order valence-electron chi connectivity index (χ1n) is 1.48. The molecule has 0 heterocycles. The van der Waals surface area contributed by atoms with Crippen LogP contribution in [0, 0.1) is 0 Å². The van der Waals surface area contributed by atoms with Gasteiger partial charge in [0.25, 0.3) is 0 Å². The minimum absolute atomic E-state index is 0.437. The van der Waals surface area contributed by atoms with Crippen molar-refractivity contribution in [1.82, 2.24) is 0 Å². The van der Waals surface area contributed by atoms with Crippen LogP contribution in [0.4, 0.5) is 4.39 Å². The molecule has 1 unspecified atom stereocenters. The summed E-state index contributed by atoms with van der Waals surface area (Å²) >= 11 is 1.42. The molecule has 0 aromatic rings. The molecular weight excluding hydrogens is 198 g/mol. The van der Waals surface area contributed by atoms with E-state index in [1.54, 1.807) is 0 Å². The molecule has 0 aromatic heterocycles. The number of halogens is 2. The number of rotatable bonds is 1. The van der Waals surface area contributed by atoms with Crippen molar-refractivity contribution in [3.8, 4) is 0 Å². The number of hydrogen-bond acceptors (Lipinski definition) is 1. The zero-order valence-electron chi connectivity index (χ0n) is 3.24. The van der Waals surface area contributed by atoms with Crippen LogP contribution in [0.25, 0.3) is 0 Å². The Labute approximate surface area is 49.1 Å². The first kappa shape index (κ1) is 6.33. The van der Waals surface area contributed by atoms with E-state index in [9.17, 15) is 9.18 Å². The Hall–Kier alpha value is 0.330. The molecule has 0 aromatic carbocycles. The quantitative estimate of drug-likeness (QED) is 0.462. The summed E-state index contributed by atoms with van der Waals surface area (Å²) < 4.78 is 11.0. The summed E-state index contributed by atoms with van der Waals surface area (Å²) in [6.45, 7) is 1.22. The van der Waals surface area contributed by atoms with Crippen LogP contribution in [-0.2, 0) is 4.79 Å². The Morgan fingerprint density at radius 1 is 2.00 bits per heavy atom. The third-order valence-electron chi connectivity index (χ3n) is 0.313. The number of alkyl halides is 1. The van der Waals surface area contributed by atoms with E-state index in [1.807, 2.05) is 0 Å². The largest absolute Gasteiger partial charge is 0.284 e. The molecule has 0 fully saturated rings. The second kappa shape index (κ2) is 2.49. The number of carbonyl (C=O) groups is 1. The number of carbonyl (C=O) groups excluding carboxylic acids is 1. The molecular formula is C3H4FIO. The van der Waals surface area contributed by atoms with Crippen molar-refractivity contribution in [3.05, 3.63) is 0 Å². The van der Waals surface area contributed by atoms with Gasteiger partial charge in [0.15, 0.2) is 6.17 Å². The van der Waals surface area contributed by atoms with Gasteiger partial charge >= 0.3 is 0 Å². The zero-order chi connectivity index (χ0) is 5.15. The third kappa shape index (κ3) is 2.56. The van der Waals surface area contributed by atoms with Crippen molar-refractivity contribution in [2.45, 2.75) is 13.1 Å². The molecule has 0 spiro atoms. The summed E-state index contributed by atoms with van der Waals surface area (Å²) in [5, 5.41) is 0. The van der Waals surface area contributed by atoms with Gasteiger partial charge in [0, 0.05) is 22.6 Å². The molecule has 0 radical (unpaired) electrons. The Kier molecular flexibility index (Phi) is 2.63. The standard InChI is InChI=1S/C3H4FIO/c1-2(4)3(5)6/h2H,1H3. The molecule has 0 aliphatic rings. The molecule has 0 rings (SSSR count). The second-order valence-electron chi connectivity index (χ2n) is 0.920. The van der Waals surface area contributed by atoms with E-state index in [1.165, 1.54) is 29.5 Å². The maximum Gasteiger partial charge on any atom is 0.225 e. The fourth-order valence-corrected chi connectivity index (χ4v) is 0. The Morgan fingerprint density at radius 2 is 2.17 bits per heavy atom. The lowest BCUT2D eigenvalue weighted by molar-refractivity contribution is -0.113. The minimum atomic E-state index is -1.30. The topological polar surface area (TPSA) is 17.1 Å². The lowest BCUT2D eigenvalue weighted by Crippen LogP contribution is -1.99. The van der Waals surface area contributed by atoms with Crippen molar-refractivity contribution < 1.29 is 9.18 Å². The van der Waals surface area contributed by atoms with Crippen LogP contribution in [0.2, 0.25) is 0 Å². The average Bonchev–Trinajstić information content (AvgIpc) is 1.36. The maximum atomic E-state index is 11.5. The van der Waals surface area contributed by atoms with Gasteiger partial charge in [0.2, 0.25) is 3.79 Å². The molecule has 36 valence electrons. The van der Waals surface area contributed by atoms with E-state index in [0.717, 1.165) is 0 Å². The summed E-state index contributed by atoms with van der Waals surface area (Å²) in [5.74, 6) is 0. The molecule has 1 atom stereocenters. The Balaban J connectivity index is 3.26. The Morgan fingerprint density at radius 3 is 2.17 bits per heavy atom. The molecule has 0 N–H and O–H groups in total. The van der Waals surface area contributed by atoms with Gasteiger partial charge in [-0.05, 0) is 6.92 Å². The molecule has 0 bridgehead atoms. The summed E-state index contributed by atoms with van der Waals surface area (Å²) in [7, 11) is 0. The smallest absolute Gasteiger partial charge is 0.225 e. The van der Waals surface area contributed by atoms with E-state index < -0.39 is 9.96 Å². The van der Waals surface area contributed by atoms with Gasteiger partial charge in [0.05, 0.1) is 0 Å². The number of hydrogen-bond donors (Lipinski definition) is 0. The SMILES string of the molecule is CC(F)C(=O)I. The third-order valence-corrected chi connectivity index (χ3v) is 1.17. The van der Waals surface area contributed by atoms with Crippen LogP contribution in [0.1, 0.15) is 6.92 Å². The van der Waals surface area contributed by atoms with Crippen molar-refractivity contribution in [2.75, 3.05) is 0 Å². The highest BCUT2D eigenvalue weighted by Gasteiger charge is 2.02. The van der Waals surface area contributed by atoms with E-state index >= 15 is 0 Å².